The van der Waals surface area contributed by atoms with Gasteiger partial charge in [0.05, 0.1) is 12.2 Å². The molecular weight excluding hydrogens is 306 g/mol. The molecule has 0 spiro atoms. The maximum Gasteiger partial charge on any atom is 0.193 e. The number of guanidine groups is 1. The molecule has 0 aliphatic heterocycles. The maximum absolute atomic E-state index is 4.67. The summed E-state index contributed by atoms with van der Waals surface area (Å²) in [6, 6.07) is 0.400. The summed E-state index contributed by atoms with van der Waals surface area (Å²) in [4.78, 5) is 10.3. The SMILES string of the molecule is CCNC(=NCc1cn2ccsc2n1)NC(C)CCC(C)(C)C. The second-order valence-electron chi connectivity index (χ2n) is 7.16. The summed E-state index contributed by atoms with van der Waals surface area (Å²) in [5, 5.41) is 8.85. The van der Waals surface area contributed by atoms with Gasteiger partial charge in [-0.3, -0.25) is 4.40 Å². The van der Waals surface area contributed by atoms with Crippen LogP contribution in [0.25, 0.3) is 4.96 Å². The number of thiazole rings is 1. The van der Waals surface area contributed by atoms with Gasteiger partial charge in [0.15, 0.2) is 10.9 Å². The molecule has 6 heteroatoms. The highest BCUT2D eigenvalue weighted by Crippen LogP contribution is 2.21. The number of hydrogen-bond donors (Lipinski definition) is 2. The van der Waals surface area contributed by atoms with Crippen molar-refractivity contribution in [3.63, 3.8) is 0 Å². The standard InChI is InChI=1S/C17H29N5S/c1-6-18-15(20-13(2)7-8-17(3,4)5)19-11-14-12-22-9-10-23-16(22)21-14/h9-10,12-13H,6-8,11H2,1-5H3,(H2,18,19,20). The van der Waals surface area contributed by atoms with E-state index in [0.29, 0.717) is 18.0 Å². The van der Waals surface area contributed by atoms with Crippen LogP contribution in [-0.4, -0.2) is 27.9 Å². The first-order valence-corrected chi connectivity index (χ1v) is 9.21. The average molecular weight is 336 g/mol. The lowest BCUT2D eigenvalue weighted by molar-refractivity contribution is 0.346. The molecule has 0 bridgehead atoms. The molecule has 128 valence electrons. The molecular formula is C17H29N5S. The Kier molecular flexibility index (Phi) is 6.04. The van der Waals surface area contributed by atoms with Gasteiger partial charge >= 0.3 is 0 Å². The van der Waals surface area contributed by atoms with Crippen molar-refractivity contribution in [1.82, 2.24) is 20.0 Å². The van der Waals surface area contributed by atoms with Gasteiger partial charge in [-0.25, -0.2) is 9.98 Å². The highest BCUT2D eigenvalue weighted by atomic mass is 32.1. The number of aliphatic imine (C=N–C) groups is 1. The van der Waals surface area contributed by atoms with Crippen LogP contribution in [0.3, 0.4) is 0 Å². The third-order valence-electron chi connectivity index (χ3n) is 3.60. The fraction of sp³-hybridized carbons (Fsp3) is 0.647. The minimum Gasteiger partial charge on any atom is -0.357 e. The number of fused-ring (bicyclic) bond motifs is 1. The molecule has 5 nitrogen and oxygen atoms in total. The fourth-order valence-corrected chi connectivity index (χ4v) is 3.01. The van der Waals surface area contributed by atoms with Gasteiger partial charge in [0, 0.05) is 30.4 Å². The molecule has 0 amide bonds. The summed E-state index contributed by atoms with van der Waals surface area (Å²) >= 11 is 1.64. The molecule has 1 unspecified atom stereocenters. The van der Waals surface area contributed by atoms with Gasteiger partial charge in [0.2, 0.25) is 0 Å². The van der Waals surface area contributed by atoms with Crippen molar-refractivity contribution in [3.8, 4) is 0 Å². The van der Waals surface area contributed by atoms with E-state index < -0.39 is 0 Å². The van der Waals surface area contributed by atoms with Gasteiger partial charge in [-0.15, -0.1) is 11.3 Å². The van der Waals surface area contributed by atoms with Crippen LogP contribution in [0.5, 0.6) is 0 Å². The first-order valence-electron chi connectivity index (χ1n) is 8.33. The van der Waals surface area contributed by atoms with Crippen molar-refractivity contribution >= 4 is 22.3 Å². The lowest BCUT2D eigenvalue weighted by Crippen LogP contribution is -2.42. The third-order valence-corrected chi connectivity index (χ3v) is 4.37. The number of hydrogen-bond acceptors (Lipinski definition) is 3. The topological polar surface area (TPSA) is 53.7 Å². The van der Waals surface area contributed by atoms with Gasteiger partial charge in [0.25, 0.3) is 0 Å². The largest absolute Gasteiger partial charge is 0.357 e. The van der Waals surface area contributed by atoms with Crippen LogP contribution in [0.2, 0.25) is 0 Å². The molecule has 2 N–H and O–H groups in total. The number of imidazole rings is 1. The van der Waals surface area contributed by atoms with E-state index in [1.165, 1.54) is 6.42 Å². The fourth-order valence-electron chi connectivity index (χ4n) is 2.29. The van der Waals surface area contributed by atoms with Crippen molar-refractivity contribution in [2.45, 2.75) is 60.0 Å². The zero-order chi connectivity index (χ0) is 16.9. The Bertz CT molecular complexity index is 606. The van der Waals surface area contributed by atoms with Gasteiger partial charge < -0.3 is 10.6 Å². The Morgan fingerprint density at radius 1 is 1.43 bits per heavy atom. The van der Waals surface area contributed by atoms with E-state index in [1.807, 2.05) is 22.2 Å². The third kappa shape index (κ3) is 5.86. The predicted octanol–water partition coefficient (Wildman–Crippen LogP) is 3.67. The Labute approximate surface area is 143 Å². The minimum absolute atomic E-state index is 0.369. The van der Waals surface area contributed by atoms with Gasteiger partial charge in [-0.2, -0.15) is 0 Å². The molecule has 0 fully saturated rings. The molecule has 2 heterocycles. The second kappa shape index (κ2) is 7.81. The molecule has 0 radical (unpaired) electrons. The van der Waals surface area contributed by atoms with E-state index in [0.717, 1.165) is 29.6 Å². The number of rotatable bonds is 6. The molecule has 2 rings (SSSR count). The molecule has 2 aromatic heterocycles. The zero-order valence-electron chi connectivity index (χ0n) is 14.9. The van der Waals surface area contributed by atoms with Crippen molar-refractivity contribution < 1.29 is 0 Å². The molecule has 23 heavy (non-hydrogen) atoms. The molecule has 0 aliphatic carbocycles. The van der Waals surface area contributed by atoms with Crippen LogP contribution in [0.1, 0.15) is 53.2 Å². The van der Waals surface area contributed by atoms with Crippen molar-refractivity contribution in [2.75, 3.05) is 6.54 Å². The average Bonchev–Trinajstić information content (AvgIpc) is 3.03. The van der Waals surface area contributed by atoms with Crippen molar-refractivity contribution in [3.05, 3.63) is 23.5 Å². The maximum atomic E-state index is 4.67. The summed E-state index contributed by atoms with van der Waals surface area (Å²) in [6.07, 6.45) is 6.40. The quantitative estimate of drug-likeness (QED) is 0.625. The first-order chi connectivity index (χ1) is 10.9. The Morgan fingerprint density at radius 3 is 2.87 bits per heavy atom. The van der Waals surface area contributed by atoms with Crippen LogP contribution in [0.15, 0.2) is 22.8 Å². The van der Waals surface area contributed by atoms with E-state index in [9.17, 15) is 0 Å². The lowest BCUT2D eigenvalue weighted by atomic mass is 9.89. The Hall–Kier alpha value is -1.56. The molecule has 2 aromatic rings. The van der Waals surface area contributed by atoms with Crippen molar-refractivity contribution in [1.29, 1.82) is 0 Å². The summed E-state index contributed by atoms with van der Waals surface area (Å²) < 4.78 is 2.04. The minimum atomic E-state index is 0.369. The van der Waals surface area contributed by atoms with Crippen LogP contribution in [0, 0.1) is 5.41 Å². The molecule has 0 aliphatic rings. The van der Waals surface area contributed by atoms with E-state index >= 15 is 0 Å². The normalized spacial score (nSPS) is 14.2. The van der Waals surface area contributed by atoms with Crippen molar-refractivity contribution in [2.24, 2.45) is 10.4 Å². The summed E-state index contributed by atoms with van der Waals surface area (Å²) in [5.74, 6) is 0.866. The molecule has 0 saturated carbocycles. The van der Waals surface area contributed by atoms with E-state index in [4.69, 9.17) is 0 Å². The van der Waals surface area contributed by atoms with Crippen LogP contribution < -0.4 is 10.6 Å². The molecule has 0 saturated heterocycles. The molecule has 1 atom stereocenters. The highest BCUT2D eigenvalue weighted by Gasteiger charge is 2.13. The van der Waals surface area contributed by atoms with E-state index in [-0.39, 0.29) is 0 Å². The summed E-state index contributed by atoms with van der Waals surface area (Å²) in [5.41, 5.74) is 1.37. The number of aromatic nitrogens is 2. The van der Waals surface area contributed by atoms with Crippen LogP contribution in [-0.2, 0) is 6.54 Å². The second-order valence-corrected chi connectivity index (χ2v) is 8.04. The number of nitrogens with one attached hydrogen (secondary N) is 2. The zero-order valence-corrected chi connectivity index (χ0v) is 15.7. The van der Waals surface area contributed by atoms with Crippen LogP contribution in [0.4, 0.5) is 0 Å². The van der Waals surface area contributed by atoms with E-state index in [1.54, 1.807) is 11.3 Å². The lowest BCUT2D eigenvalue weighted by Gasteiger charge is -2.23. The Balaban J connectivity index is 1.92. The van der Waals surface area contributed by atoms with Gasteiger partial charge in [-0.05, 0) is 32.1 Å². The number of nitrogens with zero attached hydrogens (tertiary/aromatic N) is 3. The Morgan fingerprint density at radius 2 is 2.22 bits per heavy atom. The summed E-state index contributed by atoms with van der Waals surface area (Å²) in [7, 11) is 0. The monoisotopic (exact) mass is 335 g/mol. The van der Waals surface area contributed by atoms with E-state index in [2.05, 4.69) is 55.2 Å². The highest BCUT2D eigenvalue weighted by molar-refractivity contribution is 7.15. The van der Waals surface area contributed by atoms with Crippen LogP contribution >= 0.6 is 11.3 Å². The predicted molar refractivity (Wildman–Crippen MR) is 99.2 cm³/mol. The molecule has 0 aromatic carbocycles. The van der Waals surface area contributed by atoms with Gasteiger partial charge in [-0.1, -0.05) is 20.8 Å². The summed E-state index contributed by atoms with van der Waals surface area (Å²) in [6.45, 7) is 12.6. The smallest absolute Gasteiger partial charge is 0.193 e. The van der Waals surface area contributed by atoms with Gasteiger partial charge in [0.1, 0.15) is 0 Å². The first kappa shape index (κ1) is 17.8.